The van der Waals surface area contributed by atoms with Gasteiger partial charge >= 0.3 is 5.91 Å². The zero-order valence-corrected chi connectivity index (χ0v) is 14.2. The lowest BCUT2D eigenvalue weighted by molar-refractivity contribution is -0.113. The van der Waals surface area contributed by atoms with Crippen LogP contribution in [0.15, 0.2) is 54.6 Å². The Morgan fingerprint density at radius 2 is 1.64 bits per heavy atom. The quantitative estimate of drug-likeness (QED) is 0.607. The SMILES string of the molecule is C#CC(=O)N(Cc1ccccc1)c1ccccc1C(=O)C1CCCC1. The normalized spacial score (nSPS) is 14.0. The molecule has 2 aromatic carbocycles. The molecule has 0 radical (unpaired) electrons. The molecule has 25 heavy (non-hydrogen) atoms. The molecule has 0 aromatic heterocycles. The number of amides is 1. The average Bonchev–Trinajstić information content (AvgIpc) is 3.20. The number of terminal acetylenes is 1. The number of hydrogen-bond donors (Lipinski definition) is 0. The maximum absolute atomic E-state index is 12.9. The van der Waals surface area contributed by atoms with Gasteiger partial charge in [0.05, 0.1) is 12.2 Å². The van der Waals surface area contributed by atoms with Crippen LogP contribution in [0.5, 0.6) is 0 Å². The summed E-state index contributed by atoms with van der Waals surface area (Å²) in [6.45, 7) is 0.346. The van der Waals surface area contributed by atoms with Crippen molar-refractivity contribution in [2.24, 2.45) is 5.92 Å². The molecule has 3 nitrogen and oxygen atoms in total. The molecule has 2 aromatic rings. The van der Waals surface area contributed by atoms with Crippen LogP contribution in [0.1, 0.15) is 41.6 Å². The first-order valence-corrected chi connectivity index (χ1v) is 8.66. The second-order valence-electron chi connectivity index (χ2n) is 6.38. The van der Waals surface area contributed by atoms with Crippen molar-refractivity contribution in [3.05, 3.63) is 65.7 Å². The van der Waals surface area contributed by atoms with Crippen LogP contribution >= 0.6 is 0 Å². The van der Waals surface area contributed by atoms with Crippen molar-refractivity contribution >= 4 is 17.4 Å². The third-order valence-electron chi connectivity index (χ3n) is 4.74. The molecule has 0 spiro atoms. The number of anilines is 1. The van der Waals surface area contributed by atoms with Crippen molar-refractivity contribution in [2.45, 2.75) is 32.2 Å². The van der Waals surface area contributed by atoms with Gasteiger partial charge in [0.15, 0.2) is 5.78 Å². The maximum Gasteiger partial charge on any atom is 0.302 e. The lowest BCUT2D eigenvalue weighted by Crippen LogP contribution is -2.31. The van der Waals surface area contributed by atoms with Crippen molar-refractivity contribution in [3.8, 4) is 12.3 Å². The summed E-state index contributed by atoms with van der Waals surface area (Å²) in [7, 11) is 0. The average molecular weight is 331 g/mol. The van der Waals surface area contributed by atoms with Crippen LogP contribution in [0.25, 0.3) is 0 Å². The van der Waals surface area contributed by atoms with Crippen LogP contribution in [-0.4, -0.2) is 11.7 Å². The fourth-order valence-corrected chi connectivity index (χ4v) is 3.44. The monoisotopic (exact) mass is 331 g/mol. The molecular weight excluding hydrogens is 310 g/mol. The molecule has 1 amide bonds. The van der Waals surface area contributed by atoms with Crippen molar-refractivity contribution in [2.75, 3.05) is 4.90 Å². The van der Waals surface area contributed by atoms with Gasteiger partial charge < -0.3 is 0 Å². The van der Waals surface area contributed by atoms with Gasteiger partial charge in [-0.15, -0.1) is 6.42 Å². The van der Waals surface area contributed by atoms with Gasteiger partial charge in [-0.05, 0) is 36.5 Å². The molecule has 1 aliphatic rings. The first-order chi connectivity index (χ1) is 12.2. The molecule has 0 aliphatic heterocycles. The minimum absolute atomic E-state index is 0.0562. The fraction of sp³-hybridized carbons (Fsp3) is 0.273. The Morgan fingerprint density at radius 3 is 2.32 bits per heavy atom. The van der Waals surface area contributed by atoms with Gasteiger partial charge in [-0.2, -0.15) is 0 Å². The number of ketones is 1. The Morgan fingerprint density at radius 1 is 1.00 bits per heavy atom. The maximum atomic E-state index is 12.9. The molecule has 1 fully saturated rings. The summed E-state index contributed by atoms with van der Waals surface area (Å²) in [4.78, 5) is 26.9. The van der Waals surface area contributed by atoms with Gasteiger partial charge in [0.25, 0.3) is 0 Å². The van der Waals surface area contributed by atoms with Crippen LogP contribution in [-0.2, 0) is 11.3 Å². The van der Waals surface area contributed by atoms with Crippen molar-refractivity contribution < 1.29 is 9.59 Å². The van der Waals surface area contributed by atoms with Gasteiger partial charge in [-0.1, -0.05) is 55.3 Å². The van der Waals surface area contributed by atoms with Crippen LogP contribution < -0.4 is 4.90 Å². The zero-order valence-electron chi connectivity index (χ0n) is 14.2. The van der Waals surface area contributed by atoms with E-state index in [1.54, 1.807) is 12.1 Å². The number of para-hydroxylation sites is 1. The van der Waals surface area contributed by atoms with E-state index in [1.807, 2.05) is 42.5 Å². The standard InChI is InChI=1S/C22H21NO2/c1-2-21(24)23(16-17-10-4-3-5-11-17)20-15-9-8-14-19(20)22(25)18-12-6-7-13-18/h1,3-5,8-11,14-15,18H,6-7,12-13,16H2. The van der Waals surface area contributed by atoms with E-state index in [2.05, 4.69) is 5.92 Å². The number of rotatable bonds is 5. The highest BCUT2D eigenvalue weighted by molar-refractivity contribution is 6.11. The van der Waals surface area contributed by atoms with Gasteiger partial charge in [-0.3, -0.25) is 14.5 Å². The molecule has 1 saturated carbocycles. The minimum Gasteiger partial charge on any atom is -0.296 e. The molecule has 0 heterocycles. The van der Waals surface area contributed by atoms with E-state index in [0.717, 1.165) is 31.2 Å². The Labute approximate surface area is 148 Å². The summed E-state index contributed by atoms with van der Waals surface area (Å²) in [6.07, 6.45) is 9.42. The third-order valence-corrected chi connectivity index (χ3v) is 4.74. The molecule has 0 unspecified atom stereocenters. The number of carbonyl (C=O) groups is 2. The summed E-state index contributed by atoms with van der Waals surface area (Å²) in [5.74, 6) is 1.94. The van der Waals surface area contributed by atoms with Crippen LogP contribution in [0.2, 0.25) is 0 Å². The molecule has 0 bridgehead atoms. The van der Waals surface area contributed by atoms with E-state index in [0.29, 0.717) is 17.8 Å². The van der Waals surface area contributed by atoms with Gasteiger partial charge in [-0.25, -0.2) is 0 Å². The number of nitrogens with zero attached hydrogens (tertiary/aromatic N) is 1. The predicted molar refractivity (Wildman–Crippen MR) is 99.2 cm³/mol. The first kappa shape index (κ1) is 17.0. The Bertz CT molecular complexity index is 798. The lowest BCUT2D eigenvalue weighted by atomic mass is 9.94. The summed E-state index contributed by atoms with van der Waals surface area (Å²) >= 11 is 0. The van der Waals surface area contributed by atoms with E-state index in [1.165, 1.54) is 4.90 Å². The molecule has 0 N–H and O–H groups in total. The smallest absolute Gasteiger partial charge is 0.296 e. The number of Topliss-reactive ketones (excluding diaryl/α,β-unsaturated/α-hetero) is 1. The number of carbonyl (C=O) groups excluding carboxylic acids is 2. The molecule has 3 rings (SSSR count). The lowest BCUT2D eigenvalue weighted by Gasteiger charge is -2.24. The topological polar surface area (TPSA) is 37.4 Å². The highest BCUT2D eigenvalue weighted by Crippen LogP contribution is 2.32. The second kappa shape index (κ2) is 7.81. The van der Waals surface area contributed by atoms with E-state index in [9.17, 15) is 9.59 Å². The van der Waals surface area contributed by atoms with Gasteiger partial charge in [0, 0.05) is 11.5 Å². The number of hydrogen-bond acceptors (Lipinski definition) is 2. The summed E-state index contributed by atoms with van der Waals surface area (Å²) in [5, 5.41) is 0. The molecule has 1 aliphatic carbocycles. The second-order valence-corrected chi connectivity index (χ2v) is 6.38. The van der Waals surface area contributed by atoms with Crippen molar-refractivity contribution in [3.63, 3.8) is 0 Å². The van der Waals surface area contributed by atoms with Gasteiger partial charge in [0.1, 0.15) is 0 Å². The minimum atomic E-state index is -0.435. The Kier molecular flexibility index (Phi) is 5.30. The third kappa shape index (κ3) is 3.80. The van der Waals surface area contributed by atoms with Crippen LogP contribution in [0.4, 0.5) is 5.69 Å². The highest BCUT2D eigenvalue weighted by atomic mass is 16.2. The highest BCUT2D eigenvalue weighted by Gasteiger charge is 2.28. The zero-order chi connectivity index (χ0) is 17.6. The summed E-state index contributed by atoms with van der Waals surface area (Å²) in [5.41, 5.74) is 2.16. The van der Waals surface area contributed by atoms with E-state index >= 15 is 0 Å². The predicted octanol–water partition coefficient (Wildman–Crippen LogP) is 4.23. The van der Waals surface area contributed by atoms with Crippen molar-refractivity contribution in [1.29, 1.82) is 0 Å². The van der Waals surface area contributed by atoms with E-state index < -0.39 is 5.91 Å². The first-order valence-electron chi connectivity index (χ1n) is 8.66. The summed E-state index contributed by atoms with van der Waals surface area (Å²) in [6, 6.07) is 16.9. The Hall–Kier alpha value is -2.86. The van der Waals surface area contributed by atoms with Crippen molar-refractivity contribution in [1.82, 2.24) is 0 Å². The van der Waals surface area contributed by atoms with Crippen LogP contribution in [0.3, 0.4) is 0 Å². The molecular formula is C22H21NO2. The molecule has 0 atom stereocenters. The molecule has 3 heteroatoms. The molecule has 0 saturated heterocycles. The molecule has 126 valence electrons. The summed E-state index contributed by atoms with van der Waals surface area (Å²) < 4.78 is 0. The van der Waals surface area contributed by atoms with Crippen LogP contribution in [0, 0.1) is 18.3 Å². The van der Waals surface area contributed by atoms with E-state index in [-0.39, 0.29) is 11.7 Å². The Balaban J connectivity index is 1.97. The van der Waals surface area contributed by atoms with Gasteiger partial charge in [0.2, 0.25) is 0 Å². The van der Waals surface area contributed by atoms with E-state index in [4.69, 9.17) is 6.42 Å². The number of benzene rings is 2. The fourth-order valence-electron chi connectivity index (χ4n) is 3.44. The largest absolute Gasteiger partial charge is 0.302 e.